The first-order valence-electron chi connectivity index (χ1n) is 12.6. The van der Waals surface area contributed by atoms with Gasteiger partial charge in [0.25, 0.3) is 0 Å². The maximum atomic E-state index is 8.17. The minimum absolute atomic E-state index is 0.0883. The molecule has 0 atom stereocenters. The van der Waals surface area contributed by atoms with Crippen LogP contribution in [0.1, 0.15) is 49.1 Å². The van der Waals surface area contributed by atoms with Crippen LogP contribution in [-0.2, 0) is 24.2 Å². The van der Waals surface area contributed by atoms with Crippen molar-refractivity contribution < 1.29 is 9.16 Å². The molecule has 194 valence electrons. The molecule has 3 N–H and O–H groups in total. The summed E-state index contributed by atoms with van der Waals surface area (Å²) in [5.74, 6) is 1.02. The van der Waals surface area contributed by atoms with Gasteiger partial charge in [-0.15, -0.1) is 0 Å². The number of nitrogen functional groups attached to an aromatic ring is 1. The number of nitrogens with one attached hydrogen (secondary N) is 1. The van der Waals surface area contributed by atoms with Gasteiger partial charge in [0.15, 0.2) is 20.0 Å². The van der Waals surface area contributed by atoms with Gasteiger partial charge in [-0.3, -0.25) is 10.4 Å². The molecule has 2 heterocycles. The lowest BCUT2D eigenvalue weighted by Gasteiger charge is -2.36. The third-order valence-electron chi connectivity index (χ3n) is 7.08. The average molecular weight is 516 g/mol. The van der Waals surface area contributed by atoms with Gasteiger partial charge >= 0.3 is 0 Å². The molecule has 4 rings (SSSR count). The Morgan fingerprint density at radius 2 is 1.70 bits per heavy atom. The first kappa shape index (κ1) is 26.6. The molecule has 0 bridgehead atoms. The monoisotopic (exact) mass is 515 g/mol. The molecule has 0 aliphatic carbocycles. The molecule has 0 saturated heterocycles. The molecule has 0 saturated carbocycles. The summed E-state index contributed by atoms with van der Waals surface area (Å²) in [5, 5.41) is 8.31. The fourth-order valence-electron chi connectivity index (χ4n) is 3.83. The van der Waals surface area contributed by atoms with E-state index in [0.717, 1.165) is 33.5 Å². The Bertz CT molecular complexity index is 1410. The first-order valence-corrected chi connectivity index (χ1v) is 15.5. The van der Waals surface area contributed by atoms with E-state index < -0.39 is 8.32 Å². The third-order valence-corrected chi connectivity index (χ3v) is 11.6. The van der Waals surface area contributed by atoms with Crippen LogP contribution in [0.25, 0.3) is 11.0 Å². The van der Waals surface area contributed by atoms with Gasteiger partial charge < -0.3 is 19.5 Å². The number of aromatic nitrogens is 3. The van der Waals surface area contributed by atoms with Crippen molar-refractivity contribution in [2.24, 2.45) is 5.73 Å². The predicted molar refractivity (Wildman–Crippen MR) is 152 cm³/mol. The second-order valence-corrected chi connectivity index (χ2v) is 15.8. The number of hydrogen-bond donors (Lipinski definition) is 2. The molecular weight excluding hydrogens is 478 g/mol. The molecule has 0 unspecified atom stereocenters. The molecule has 4 aromatic rings. The Morgan fingerprint density at radius 3 is 2.38 bits per heavy atom. The lowest BCUT2D eigenvalue weighted by molar-refractivity contribution is 0.276. The lowest BCUT2D eigenvalue weighted by Crippen LogP contribution is -2.40. The van der Waals surface area contributed by atoms with E-state index in [1.54, 1.807) is 0 Å². The van der Waals surface area contributed by atoms with Gasteiger partial charge in [0.05, 0.1) is 24.2 Å². The van der Waals surface area contributed by atoms with E-state index in [2.05, 4.69) is 44.9 Å². The van der Waals surface area contributed by atoms with Crippen LogP contribution in [0.3, 0.4) is 0 Å². The number of nitrogens with two attached hydrogens (primary N) is 1. The highest BCUT2D eigenvalue weighted by Gasteiger charge is 2.37. The largest absolute Gasteiger partial charge is 0.487 e. The fourth-order valence-corrected chi connectivity index (χ4v) is 4.79. The van der Waals surface area contributed by atoms with E-state index in [9.17, 15) is 0 Å². The number of aryl methyl sites for hydroxylation is 1. The number of pyridine rings is 1. The van der Waals surface area contributed by atoms with E-state index in [4.69, 9.17) is 25.3 Å². The van der Waals surface area contributed by atoms with Crippen LogP contribution in [-0.4, -0.2) is 28.7 Å². The SMILES string of the molecule is Cc1ccc(OCc2ccccc2)c(Cn2c(C(=N)N)nc3ccc(CO[Si](C)(C)C(C)(C)C)cc32)n1. The molecule has 0 fully saturated rings. The zero-order valence-electron chi connectivity index (χ0n) is 22.6. The van der Waals surface area contributed by atoms with Gasteiger partial charge in [-0.25, -0.2) is 4.98 Å². The zero-order valence-corrected chi connectivity index (χ0v) is 23.6. The maximum absolute atomic E-state index is 8.17. The summed E-state index contributed by atoms with van der Waals surface area (Å²) in [5.41, 5.74) is 11.4. The van der Waals surface area contributed by atoms with Crippen molar-refractivity contribution in [2.75, 3.05) is 0 Å². The van der Waals surface area contributed by atoms with Crippen LogP contribution in [0.5, 0.6) is 5.75 Å². The number of nitrogens with zero attached hydrogens (tertiary/aromatic N) is 3. The Balaban J connectivity index is 1.67. The number of benzene rings is 2. The Hall–Kier alpha value is -3.49. The van der Waals surface area contributed by atoms with Gasteiger partial charge in [-0.05, 0) is 60.4 Å². The minimum Gasteiger partial charge on any atom is -0.487 e. The molecule has 0 aliphatic rings. The minimum atomic E-state index is -1.90. The van der Waals surface area contributed by atoms with Crippen molar-refractivity contribution in [2.45, 2.75) is 65.6 Å². The van der Waals surface area contributed by atoms with E-state index >= 15 is 0 Å². The van der Waals surface area contributed by atoms with Gasteiger partial charge in [0.2, 0.25) is 0 Å². The molecule has 0 amide bonds. The van der Waals surface area contributed by atoms with Gasteiger partial charge in [0, 0.05) is 5.69 Å². The molecule has 0 aliphatic heterocycles. The van der Waals surface area contributed by atoms with Crippen LogP contribution < -0.4 is 10.5 Å². The van der Waals surface area contributed by atoms with Crippen LogP contribution in [0, 0.1) is 12.3 Å². The summed E-state index contributed by atoms with van der Waals surface area (Å²) in [7, 11) is -1.90. The van der Waals surface area contributed by atoms with Gasteiger partial charge in [-0.2, -0.15) is 0 Å². The average Bonchev–Trinajstić information content (AvgIpc) is 3.20. The predicted octanol–water partition coefficient (Wildman–Crippen LogP) is 6.17. The van der Waals surface area contributed by atoms with Crippen LogP contribution in [0.15, 0.2) is 60.7 Å². The lowest BCUT2D eigenvalue weighted by atomic mass is 10.2. The van der Waals surface area contributed by atoms with Crippen LogP contribution >= 0.6 is 0 Å². The van der Waals surface area contributed by atoms with Crippen molar-refractivity contribution in [3.63, 3.8) is 0 Å². The molecule has 8 heteroatoms. The van der Waals surface area contributed by atoms with Crippen molar-refractivity contribution in [1.29, 1.82) is 5.41 Å². The molecule has 0 spiro atoms. The molecular formula is C29H37N5O2Si. The summed E-state index contributed by atoms with van der Waals surface area (Å²) in [4.78, 5) is 9.44. The Labute approximate surface area is 220 Å². The second kappa shape index (κ2) is 10.5. The maximum Gasteiger partial charge on any atom is 0.192 e. The summed E-state index contributed by atoms with van der Waals surface area (Å²) in [6.45, 7) is 14.5. The van der Waals surface area contributed by atoms with E-state index in [1.807, 2.05) is 66.1 Å². The normalized spacial score (nSPS) is 12.2. The van der Waals surface area contributed by atoms with Crippen LogP contribution in [0.4, 0.5) is 0 Å². The number of ether oxygens (including phenoxy) is 1. The summed E-state index contributed by atoms with van der Waals surface area (Å²) in [6.07, 6.45) is 0. The summed E-state index contributed by atoms with van der Waals surface area (Å²) >= 11 is 0. The van der Waals surface area contributed by atoms with E-state index in [-0.39, 0.29) is 10.9 Å². The number of hydrogen-bond acceptors (Lipinski definition) is 5. The first-order chi connectivity index (χ1) is 17.4. The highest BCUT2D eigenvalue weighted by Crippen LogP contribution is 2.37. The fraction of sp³-hybridized carbons (Fsp3) is 0.345. The molecule has 37 heavy (non-hydrogen) atoms. The highest BCUT2D eigenvalue weighted by atomic mass is 28.4. The second-order valence-electron chi connectivity index (χ2n) is 11.0. The smallest absolute Gasteiger partial charge is 0.192 e. The summed E-state index contributed by atoms with van der Waals surface area (Å²) in [6, 6.07) is 20.0. The molecule has 2 aromatic carbocycles. The quantitative estimate of drug-likeness (QED) is 0.158. The number of amidine groups is 1. The van der Waals surface area contributed by atoms with Crippen molar-refractivity contribution >= 4 is 25.2 Å². The molecule has 2 aromatic heterocycles. The standard InChI is InChI=1S/C29H37N5O2Si/c1-20-12-15-26(35-18-21-10-8-7-9-11-21)24(32-20)17-34-25-16-22(19-36-37(5,6)29(2,3)4)13-14-23(25)33-28(34)27(30)31/h7-16H,17-19H2,1-6H3,(H3,30,31). The topological polar surface area (TPSA) is 99.0 Å². The molecule has 7 nitrogen and oxygen atoms in total. The zero-order chi connectivity index (χ0) is 26.8. The van der Waals surface area contributed by atoms with Gasteiger partial charge in [-0.1, -0.05) is 57.2 Å². The summed E-state index contributed by atoms with van der Waals surface area (Å²) < 4.78 is 14.6. The van der Waals surface area contributed by atoms with E-state index in [0.29, 0.717) is 31.3 Å². The van der Waals surface area contributed by atoms with Gasteiger partial charge in [0.1, 0.15) is 18.1 Å². The van der Waals surface area contributed by atoms with Crippen LogP contribution in [0.2, 0.25) is 18.1 Å². The van der Waals surface area contributed by atoms with Crippen molar-refractivity contribution in [3.8, 4) is 5.75 Å². The Kier molecular flexibility index (Phi) is 7.52. The molecule has 0 radical (unpaired) electrons. The van der Waals surface area contributed by atoms with Crippen molar-refractivity contribution in [3.05, 3.63) is 89.0 Å². The van der Waals surface area contributed by atoms with Crippen molar-refractivity contribution in [1.82, 2.24) is 14.5 Å². The highest BCUT2D eigenvalue weighted by molar-refractivity contribution is 6.74. The third kappa shape index (κ3) is 6.09. The number of rotatable bonds is 9. The number of fused-ring (bicyclic) bond motifs is 1. The number of imidazole rings is 1. The van der Waals surface area contributed by atoms with E-state index in [1.165, 1.54) is 0 Å². The Morgan fingerprint density at radius 1 is 0.973 bits per heavy atom.